The van der Waals surface area contributed by atoms with Crippen molar-refractivity contribution in [3.8, 4) is 0 Å². The molecular weight excluding hydrogens is 343 g/mol. The number of aryl methyl sites for hydroxylation is 3. The van der Waals surface area contributed by atoms with Crippen LogP contribution in [0.25, 0.3) is 0 Å². The zero-order valence-electron chi connectivity index (χ0n) is 15.3. The molecule has 0 radical (unpaired) electrons. The van der Waals surface area contributed by atoms with Crippen molar-refractivity contribution >= 4 is 11.7 Å². The predicted octanol–water partition coefficient (Wildman–Crippen LogP) is 4.28. The number of rotatable bonds is 2. The Kier molecular flexibility index (Phi) is 4.65. The van der Waals surface area contributed by atoms with E-state index in [9.17, 15) is 22.8 Å². The van der Waals surface area contributed by atoms with Gasteiger partial charge in [0.15, 0.2) is 11.3 Å². The van der Waals surface area contributed by atoms with Gasteiger partial charge in [0.1, 0.15) is 5.92 Å². The monoisotopic (exact) mass is 367 g/mol. The first-order valence-electron chi connectivity index (χ1n) is 9.10. The summed E-state index contributed by atoms with van der Waals surface area (Å²) in [6, 6.07) is 3.61. The fourth-order valence-corrected chi connectivity index (χ4v) is 4.86. The minimum absolute atomic E-state index is 0.310. The van der Waals surface area contributed by atoms with Gasteiger partial charge in [-0.2, -0.15) is 13.2 Å². The Morgan fingerprint density at radius 1 is 1.00 bits per heavy atom. The summed E-state index contributed by atoms with van der Waals surface area (Å²) in [5.41, 5.74) is -0.0295. The summed E-state index contributed by atoms with van der Waals surface area (Å²) in [6.45, 7) is 5.36. The second kappa shape index (κ2) is 6.39. The highest BCUT2D eigenvalue weighted by Gasteiger charge is 2.70. The van der Waals surface area contributed by atoms with Gasteiger partial charge in [0.2, 0.25) is 5.91 Å². The molecule has 0 spiro atoms. The second-order valence-electron chi connectivity index (χ2n) is 7.74. The topological polar surface area (TPSA) is 46.2 Å². The van der Waals surface area contributed by atoms with Crippen LogP contribution in [-0.4, -0.2) is 23.4 Å². The first kappa shape index (κ1) is 18.9. The van der Waals surface area contributed by atoms with Gasteiger partial charge in [0.25, 0.3) is 0 Å². The lowest BCUT2D eigenvalue weighted by Crippen LogP contribution is -2.63. The van der Waals surface area contributed by atoms with Gasteiger partial charge in [-0.25, -0.2) is 0 Å². The van der Waals surface area contributed by atoms with E-state index in [-0.39, 0.29) is 0 Å². The quantitative estimate of drug-likeness (QED) is 0.793. The van der Waals surface area contributed by atoms with Crippen LogP contribution in [-0.2, 0) is 9.59 Å². The van der Waals surface area contributed by atoms with E-state index in [2.05, 4.69) is 5.32 Å². The van der Waals surface area contributed by atoms with E-state index in [1.807, 2.05) is 6.92 Å². The molecule has 0 aromatic heterocycles. The van der Waals surface area contributed by atoms with Crippen molar-refractivity contribution in [1.82, 2.24) is 5.32 Å². The number of nitrogens with one attached hydrogen (secondary N) is 1. The minimum atomic E-state index is -4.80. The fourth-order valence-electron chi connectivity index (χ4n) is 4.86. The molecule has 2 unspecified atom stereocenters. The molecule has 1 amide bonds. The number of carbonyl (C=O) groups excluding carboxylic acids is 2. The van der Waals surface area contributed by atoms with Crippen molar-refractivity contribution in [2.45, 2.75) is 70.5 Å². The maximum absolute atomic E-state index is 14.1. The highest BCUT2D eigenvalue weighted by molar-refractivity contribution is 6.18. The van der Waals surface area contributed by atoms with Crippen molar-refractivity contribution in [2.75, 3.05) is 0 Å². The first-order valence-corrected chi connectivity index (χ1v) is 9.10. The summed E-state index contributed by atoms with van der Waals surface area (Å²) in [7, 11) is 0. The molecule has 3 rings (SSSR count). The lowest BCUT2D eigenvalue weighted by atomic mass is 9.70. The standard InChI is InChI=1S/C20H24F3NO2/c1-11-9-12(2)15(13(3)10-11)16-17(25)19(20(21,22)23,24-18(16)26)14-7-5-4-6-8-14/h9-10,14,16H,4-8H2,1-3H3,(H,24,26). The van der Waals surface area contributed by atoms with Gasteiger partial charge in [-0.05, 0) is 56.2 Å². The van der Waals surface area contributed by atoms with Gasteiger partial charge in [0, 0.05) is 0 Å². The molecule has 2 fully saturated rings. The van der Waals surface area contributed by atoms with Gasteiger partial charge >= 0.3 is 6.18 Å². The number of halogens is 3. The maximum Gasteiger partial charge on any atom is 0.419 e. The van der Waals surface area contributed by atoms with Gasteiger partial charge in [-0.1, -0.05) is 37.0 Å². The molecule has 1 saturated carbocycles. The van der Waals surface area contributed by atoms with E-state index in [0.717, 1.165) is 12.0 Å². The Hall–Kier alpha value is -1.85. The molecule has 2 aliphatic rings. The van der Waals surface area contributed by atoms with E-state index in [1.165, 1.54) is 0 Å². The third kappa shape index (κ3) is 2.74. The van der Waals surface area contributed by atoms with E-state index >= 15 is 0 Å². The summed E-state index contributed by atoms with van der Waals surface area (Å²) in [4.78, 5) is 25.8. The molecule has 1 aliphatic carbocycles. The molecule has 6 heteroatoms. The highest BCUT2D eigenvalue weighted by Crippen LogP contribution is 2.49. The summed E-state index contributed by atoms with van der Waals surface area (Å²) in [5, 5.41) is 2.13. The molecule has 26 heavy (non-hydrogen) atoms. The van der Waals surface area contributed by atoms with Gasteiger partial charge in [-0.3, -0.25) is 9.59 Å². The van der Waals surface area contributed by atoms with Crippen LogP contribution in [0.5, 0.6) is 0 Å². The van der Waals surface area contributed by atoms with Gasteiger partial charge in [-0.15, -0.1) is 0 Å². The number of Topliss-reactive ketones (excluding diaryl/α,β-unsaturated/α-hetero) is 1. The summed E-state index contributed by atoms with van der Waals surface area (Å²) in [6.07, 6.45) is -2.01. The van der Waals surface area contributed by atoms with Crippen molar-refractivity contribution < 1.29 is 22.8 Å². The molecular formula is C20H24F3NO2. The lowest BCUT2D eigenvalue weighted by molar-refractivity contribution is -0.209. The zero-order valence-corrected chi connectivity index (χ0v) is 15.3. The number of amides is 1. The van der Waals surface area contributed by atoms with Crippen LogP contribution >= 0.6 is 0 Å². The number of benzene rings is 1. The molecule has 1 aromatic rings. The average molecular weight is 367 g/mol. The Morgan fingerprint density at radius 2 is 1.54 bits per heavy atom. The molecule has 1 aromatic carbocycles. The number of ketones is 1. The van der Waals surface area contributed by atoms with Gasteiger partial charge < -0.3 is 5.32 Å². The smallest absolute Gasteiger partial charge is 0.335 e. The van der Waals surface area contributed by atoms with E-state index in [1.54, 1.807) is 26.0 Å². The zero-order chi connectivity index (χ0) is 19.3. The maximum atomic E-state index is 14.1. The van der Waals surface area contributed by atoms with Crippen molar-refractivity contribution in [1.29, 1.82) is 0 Å². The van der Waals surface area contributed by atoms with Crippen LogP contribution in [0, 0.1) is 26.7 Å². The number of hydrogen-bond acceptors (Lipinski definition) is 2. The Bertz CT molecular complexity index is 727. The van der Waals surface area contributed by atoms with Crippen molar-refractivity contribution in [3.63, 3.8) is 0 Å². The first-order chi connectivity index (χ1) is 12.1. The van der Waals surface area contributed by atoms with Crippen molar-refractivity contribution in [3.05, 3.63) is 34.4 Å². The number of alkyl halides is 3. The van der Waals surface area contributed by atoms with Gasteiger partial charge in [0.05, 0.1) is 0 Å². The third-order valence-electron chi connectivity index (χ3n) is 5.92. The van der Waals surface area contributed by atoms with Crippen LogP contribution in [0.4, 0.5) is 13.2 Å². The molecule has 0 bridgehead atoms. The molecule has 1 saturated heterocycles. The largest absolute Gasteiger partial charge is 0.419 e. The third-order valence-corrected chi connectivity index (χ3v) is 5.92. The van der Waals surface area contributed by atoms with Crippen LogP contribution in [0.3, 0.4) is 0 Å². The van der Waals surface area contributed by atoms with Crippen LogP contribution in [0.2, 0.25) is 0 Å². The molecule has 3 nitrogen and oxygen atoms in total. The number of carbonyl (C=O) groups is 2. The summed E-state index contributed by atoms with van der Waals surface area (Å²) < 4.78 is 42.4. The molecule has 1 N–H and O–H groups in total. The lowest BCUT2D eigenvalue weighted by Gasteiger charge is -2.39. The van der Waals surface area contributed by atoms with Crippen LogP contribution in [0.1, 0.15) is 60.3 Å². The fraction of sp³-hybridized carbons (Fsp3) is 0.600. The average Bonchev–Trinajstić information content (AvgIpc) is 2.80. The predicted molar refractivity (Wildman–Crippen MR) is 91.9 cm³/mol. The highest BCUT2D eigenvalue weighted by atomic mass is 19.4. The summed E-state index contributed by atoms with van der Waals surface area (Å²) >= 11 is 0. The number of hydrogen-bond donors (Lipinski definition) is 1. The Labute approximate surface area is 151 Å². The molecule has 2 atom stereocenters. The molecule has 142 valence electrons. The second-order valence-corrected chi connectivity index (χ2v) is 7.74. The SMILES string of the molecule is Cc1cc(C)c(C2C(=O)NC(C3CCCCC3)(C(F)(F)F)C2=O)c(C)c1. The van der Waals surface area contributed by atoms with E-state index in [4.69, 9.17) is 0 Å². The van der Waals surface area contributed by atoms with Crippen LogP contribution < -0.4 is 5.32 Å². The Morgan fingerprint density at radius 3 is 2.04 bits per heavy atom. The molecule has 1 aliphatic heterocycles. The van der Waals surface area contributed by atoms with E-state index < -0.39 is 35.2 Å². The Balaban J connectivity index is 2.12. The normalized spacial score (nSPS) is 27.7. The van der Waals surface area contributed by atoms with Crippen LogP contribution in [0.15, 0.2) is 12.1 Å². The minimum Gasteiger partial charge on any atom is -0.335 e. The van der Waals surface area contributed by atoms with Crippen molar-refractivity contribution in [2.24, 2.45) is 5.92 Å². The summed E-state index contributed by atoms with van der Waals surface area (Å²) in [5.74, 6) is -4.13. The molecule has 1 heterocycles. The van der Waals surface area contributed by atoms with E-state index in [0.29, 0.717) is 42.4 Å².